The van der Waals surface area contributed by atoms with E-state index in [1.54, 1.807) is 0 Å². The fourth-order valence-electron chi connectivity index (χ4n) is 2.76. The zero-order valence-electron chi connectivity index (χ0n) is 17.4. The van der Waals surface area contributed by atoms with E-state index in [4.69, 9.17) is 14.2 Å². The van der Waals surface area contributed by atoms with Crippen LogP contribution in [0.1, 0.15) is 60.8 Å². The summed E-state index contributed by atoms with van der Waals surface area (Å²) >= 11 is 0. The van der Waals surface area contributed by atoms with Gasteiger partial charge in [-0.25, -0.2) is 14.4 Å². The van der Waals surface area contributed by atoms with Crippen molar-refractivity contribution in [2.24, 2.45) is 5.41 Å². The van der Waals surface area contributed by atoms with Gasteiger partial charge in [0.2, 0.25) is 0 Å². The van der Waals surface area contributed by atoms with Crippen LogP contribution in [-0.2, 0) is 28.6 Å². The minimum Gasteiger partial charge on any atom is -0.454 e. The molecule has 0 heterocycles. The summed E-state index contributed by atoms with van der Waals surface area (Å²) in [4.78, 5) is 36.8. The maximum atomic E-state index is 12.4. The predicted octanol–water partition coefficient (Wildman–Crippen LogP) is 4.26. The molecule has 0 aromatic carbocycles. The van der Waals surface area contributed by atoms with Gasteiger partial charge in [0.15, 0.2) is 6.61 Å². The van der Waals surface area contributed by atoms with Crippen LogP contribution in [-0.4, -0.2) is 30.3 Å². The number of hydrogen-bond donors (Lipinski definition) is 0. The normalized spacial score (nSPS) is 11.3. The zero-order chi connectivity index (χ0) is 21.4. The molecule has 0 aliphatic heterocycles. The average molecular weight is 380 g/mol. The molecule has 0 fully saturated rings. The second kappa shape index (κ2) is 10.1. The Morgan fingerprint density at radius 2 is 1.04 bits per heavy atom. The molecule has 0 bridgehead atoms. The summed E-state index contributed by atoms with van der Waals surface area (Å²) in [6.07, 6.45) is 1.53. The molecule has 152 valence electrons. The van der Waals surface area contributed by atoms with Gasteiger partial charge in [-0.15, -0.1) is 0 Å². The number of carbonyl (C=O) groups is 3. The fraction of sp³-hybridized carbons (Fsp3) is 0.571. The van der Waals surface area contributed by atoms with Gasteiger partial charge in [-0.2, -0.15) is 0 Å². The molecule has 0 amide bonds. The first-order chi connectivity index (χ1) is 12.4. The first-order valence-electron chi connectivity index (χ1n) is 9.02. The number of rotatable bonds is 11. The Labute approximate surface area is 162 Å². The molecule has 0 N–H and O–H groups in total. The van der Waals surface area contributed by atoms with Gasteiger partial charge in [0.1, 0.15) is 0 Å². The van der Waals surface area contributed by atoms with Crippen LogP contribution >= 0.6 is 0 Å². The van der Waals surface area contributed by atoms with Crippen molar-refractivity contribution >= 4 is 17.9 Å². The number of ether oxygens (including phenoxy) is 3. The van der Waals surface area contributed by atoms with Gasteiger partial charge in [0.05, 0.1) is 5.41 Å². The van der Waals surface area contributed by atoms with Crippen molar-refractivity contribution in [3.8, 4) is 0 Å². The molecule has 0 rings (SSSR count). The maximum absolute atomic E-state index is 12.4. The molecule has 0 saturated heterocycles. The third-order valence-corrected chi connectivity index (χ3v) is 4.79. The van der Waals surface area contributed by atoms with Crippen LogP contribution in [0.5, 0.6) is 0 Å². The highest BCUT2D eigenvalue weighted by atomic mass is 16.8. The van der Waals surface area contributed by atoms with E-state index in [2.05, 4.69) is 19.7 Å². The smallest absolute Gasteiger partial charge is 0.336 e. The average Bonchev–Trinajstić information content (AvgIpc) is 2.60. The third kappa shape index (κ3) is 5.81. The zero-order valence-corrected chi connectivity index (χ0v) is 17.4. The lowest BCUT2D eigenvalue weighted by Gasteiger charge is -2.47. The maximum Gasteiger partial charge on any atom is 0.336 e. The van der Waals surface area contributed by atoms with Crippen molar-refractivity contribution in [2.45, 2.75) is 66.6 Å². The molecule has 0 spiro atoms. The molecule has 0 aromatic rings. The van der Waals surface area contributed by atoms with Crippen LogP contribution in [0, 0.1) is 5.41 Å². The van der Waals surface area contributed by atoms with Crippen molar-refractivity contribution in [3.05, 3.63) is 36.5 Å². The summed E-state index contributed by atoms with van der Waals surface area (Å²) in [6.45, 7) is 20.4. The fourth-order valence-corrected chi connectivity index (χ4v) is 2.76. The summed E-state index contributed by atoms with van der Waals surface area (Å²) in [6, 6.07) is 0. The standard InChI is InChI=1S/C21H32O6/c1-10-20(11-2,12-3)21(26-18(23)15(6)7,27-19(24)16(8)9)13-25-17(22)14(4)5/h4,6,8,10-13H2,1-3,5,7,9H3. The van der Waals surface area contributed by atoms with E-state index in [1.807, 2.05) is 20.8 Å². The van der Waals surface area contributed by atoms with Crippen LogP contribution in [0.3, 0.4) is 0 Å². The Kier molecular flexibility index (Phi) is 9.21. The van der Waals surface area contributed by atoms with Crippen molar-refractivity contribution in [1.82, 2.24) is 0 Å². The van der Waals surface area contributed by atoms with E-state index in [0.29, 0.717) is 19.3 Å². The van der Waals surface area contributed by atoms with Gasteiger partial charge in [0.25, 0.3) is 5.79 Å². The highest BCUT2D eigenvalue weighted by Crippen LogP contribution is 2.46. The van der Waals surface area contributed by atoms with E-state index in [1.165, 1.54) is 20.8 Å². The molecule has 0 aliphatic rings. The summed E-state index contributed by atoms with van der Waals surface area (Å²) in [5.74, 6) is -3.97. The van der Waals surface area contributed by atoms with Crippen molar-refractivity contribution in [1.29, 1.82) is 0 Å². The van der Waals surface area contributed by atoms with Gasteiger partial charge in [0, 0.05) is 16.7 Å². The number of hydrogen-bond acceptors (Lipinski definition) is 6. The van der Waals surface area contributed by atoms with Crippen molar-refractivity contribution in [3.63, 3.8) is 0 Å². The monoisotopic (exact) mass is 380 g/mol. The Balaban J connectivity index is 6.39. The van der Waals surface area contributed by atoms with E-state index >= 15 is 0 Å². The van der Waals surface area contributed by atoms with E-state index < -0.39 is 35.7 Å². The highest BCUT2D eigenvalue weighted by molar-refractivity contribution is 5.89. The lowest BCUT2D eigenvalue weighted by Crippen LogP contribution is -2.57. The number of carbonyl (C=O) groups excluding carboxylic acids is 3. The van der Waals surface area contributed by atoms with Crippen LogP contribution in [0.2, 0.25) is 0 Å². The molecule has 6 heteroatoms. The molecule has 0 saturated carbocycles. The van der Waals surface area contributed by atoms with Gasteiger partial charge in [-0.05, 0) is 40.0 Å². The lowest BCUT2D eigenvalue weighted by molar-refractivity contribution is -0.287. The summed E-state index contributed by atoms with van der Waals surface area (Å²) in [5.41, 5.74) is -0.335. The molecular weight excluding hydrogens is 348 g/mol. The second-order valence-corrected chi connectivity index (χ2v) is 6.79. The SMILES string of the molecule is C=C(C)C(=O)OCC(OC(=O)C(=C)C)(OC(=O)C(=C)C)C(CC)(CC)CC. The van der Waals surface area contributed by atoms with E-state index in [0.717, 1.165) is 0 Å². The Bertz CT molecular complexity index is 588. The minimum absolute atomic E-state index is 0.134. The summed E-state index contributed by atoms with van der Waals surface area (Å²) < 4.78 is 16.6. The van der Waals surface area contributed by atoms with Gasteiger partial charge in [-0.3, -0.25) is 0 Å². The Morgan fingerprint density at radius 3 is 1.30 bits per heavy atom. The van der Waals surface area contributed by atoms with Crippen molar-refractivity contribution < 1.29 is 28.6 Å². The molecule has 27 heavy (non-hydrogen) atoms. The van der Waals surface area contributed by atoms with Gasteiger partial charge >= 0.3 is 17.9 Å². The first kappa shape index (κ1) is 24.6. The Morgan fingerprint density at radius 1 is 0.704 bits per heavy atom. The predicted molar refractivity (Wildman–Crippen MR) is 104 cm³/mol. The van der Waals surface area contributed by atoms with Crippen molar-refractivity contribution in [2.75, 3.05) is 6.61 Å². The lowest BCUT2D eigenvalue weighted by atomic mass is 9.72. The molecule has 0 aromatic heterocycles. The molecule has 0 unspecified atom stereocenters. The topological polar surface area (TPSA) is 78.9 Å². The third-order valence-electron chi connectivity index (χ3n) is 4.79. The molecule has 0 aliphatic carbocycles. The van der Waals surface area contributed by atoms with Crippen LogP contribution < -0.4 is 0 Å². The highest BCUT2D eigenvalue weighted by Gasteiger charge is 2.56. The first-order valence-corrected chi connectivity index (χ1v) is 9.02. The summed E-state index contributed by atoms with van der Waals surface area (Å²) in [7, 11) is 0. The van der Waals surface area contributed by atoms with Crippen LogP contribution in [0.4, 0.5) is 0 Å². The largest absolute Gasteiger partial charge is 0.454 e. The Hall–Kier alpha value is -2.37. The minimum atomic E-state index is -1.82. The summed E-state index contributed by atoms with van der Waals surface area (Å²) in [5, 5.41) is 0. The van der Waals surface area contributed by atoms with E-state index in [-0.39, 0.29) is 16.7 Å². The second-order valence-electron chi connectivity index (χ2n) is 6.79. The van der Waals surface area contributed by atoms with Gasteiger partial charge in [-0.1, -0.05) is 40.5 Å². The molecule has 6 nitrogen and oxygen atoms in total. The molecule has 0 atom stereocenters. The molecular formula is C21H32O6. The molecule has 0 radical (unpaired) electrons. The van der Waals surface area contributed by atoms with Crippen LogP contribution in [0.15, 0.2) is 36.5 Å². The van der Waals surface area contributed by atoms with E-state index in [9.17, 15) is 14.4 Å². The number of esters is 3. The van der Waals surface area contributed by atoms with Gasteiger partial charge < -0.3 is 14.2 Å². The quantitative estimate of drug-likeness (QED) is 0.303. The van der Waals surface area contributed by atoms with Crippen LogP contribution in [0.25, 0.3) is 0 Å².